The zero-order valence-corrected chi connectivity index (χ0v) is 12.2. The number of carbonyl (C=O) groups is 1. The van der Waals surface area contributed by atoms with Gasteiger partial charge in [0.1, 0.15) is 0 Å². The van der Waals surface area contributed by atoms with Gasteiger partial charge in [-0.15, -0.1) is 0 Å². The standard InChI is InChI=1S/C16H24N2O/c1-16(2,3)15(19)18-9-6-13(7-10-18)11-14-5-4-8-17-12-14/h4-5,8,12-13H,6-7,9-11H2,1-3H3. The summed E-state index contributed by atoms with van der Waals surface area (Å²) >= 11 is 0. The second-order valence-electron chi connectivity index (χ2n) is 6.55. The maximum atomic E-state index is 12.2. The van der Waals surface area contributed by atoms with Crippen molar-refractivity contribution in [3.05, 3.63) is 30.1 Å². The number of pyridine rings is 1. The molecule has 1 amide bonds. The highest BCUT2D eigenvalue weighted by Crippen LogP contribution is 2.25. The van der Waals surface area contributed by atoms with Gasteiger partial charge in [0.2, 0.25) is 5.91 Å². The maximum absolute atomic E-state index is 12.2. The van der Waals surface area contributed by atoms with E-state index in [0.717, 1.165) is 32.4 Å². The topological polar surface area (TPSA) is 33.2 Å². The predicted octanol–water partition coefficient (Wildman–Crippen LogP) is 2.91. The Morgan fingerprint density at radius 2 is 2.05 bits per heavy atom. The molecule has 0 aromatic carbocycles. The Bertz CT molecular complexity index is 414. The third kappa shape index (κ3) is 3.79. The Hall–Kier alpha value is -1.38. The average Bonchev–Trinajstić information content (AvgIpc) is 2.39. The van der Waals surface area contributed by atoms with Gasteiger partial charge in [0.15, 0.2) is 0 Å². The number of likely N-dealkylation sites (tertiary alicyclic amines) is 1. The van der Waals surface area contributed by atoms with E-state index in [1.807, 2.05) is 44.1 Å². The number of hydrogen-bond donors (Lipinski definition) is 0. The summed E-state index contributed by atoms with van der Waals surface area (Å²) in [5.41, 5.74) is 1.05. The lowest BCUT2D eigenvalue weighted by atomic mass is 9.88. The number of piperidine rings is 1. The van der Waals surface area contributed by atoms with Crippen LogP contribution in [0.1, 0.15) is 39.2 Å². The van der Waals surface area contributed by atoms with Crippen molar-refractivity contribution in [2.75, 3.05) is 13.1 Å². The Morgan fingerprint density at radius 1 is 1.37 bits per heavy atom. The summed E-state index contributed by atoms with van der Waals surface area (Å²) in [6, 6.07) is 4.13. The van der Waals surface area contributed by atoms with Crippen LogP contribution in [0.3, 0.4) is 0 Å². The van der Waals surface area contributed by atoms with Crippen LogP contribution in [-0.2, 0) is 11.2 Å². The van der Waals surface area contributed by atoms with Gasteiger partial charge < -0.3 is 4.90 Å². The van der Waals surface area contributed by atoms with E-state index in [1.54, 1.807) is 0 Å². The molecule has 1 aliphatic heterocycles. The van der Waals surface area contributed by atoms with Crippen molar-refractivity contribution < 1.29 is 4.79 Å². The first kappa shape index (κ1) is 14.0. The normalized spacial score (nSPS) is 17.5. The highest BCUT2D eigenvalue weighted by Gasteiger charge is 2.30. The predicted molar refractivity (Wildman–Crippen MR) is 76.7 cm³/mol. The molecular weight excluding hydrogens is 236 g/mol. The fourth-order valence-electron chi connectivity index (χ4n) is 2.67. The fourth-order valence-corrected chi connectivity index (χ4v) is 2.67. The molecule has 0 radical (unpaired) electrons. The lowest BCUT2D eigenvalue weighted by molar-refractivity contribution is -0.140. The van der Waals surface area contributed by atoms with Crippen molar-refractivity contribution in [3.8, 4) is 0 Å². The second kappa shape index (κ2) is 5.72. The van der Waals surface area contributed by atoms with E-state index in [0.29, 0.717) is 5.92 Å². The van der Waals surface area contributed by atoms with Crippen molar-refractivity contribution in [3.63, 3.8) is 0 Å². The zero-order valence-electron chi connectivity index (χ0n) is 12.2. The molecule has 1 aromatic heterocycles. The van der Waals surface area contributed by atoms with Crippen molar-refractivity contribution >= 4 is 5.91 Å². The molecule has 2 heterocycles. The lowest BCUT2D eigenvalue weighted by Gasteiger charge is -2.35. The molecule has 0 spiro atoms. The Kier molecular flexibility index (Phi) is 4.23. The van der Waals surface area contributed by atoms with E-state index in [2.05, 4.69) is 11.1 Å². The van der Waals surface area contributed by atoms with Gasteiger partial charge in [0.25, 0.3) is 0 Å². The minimum absolute atomic E-state index is 0.254. The summed E-state index contributed by atoms with van der Waals surface area (Å²) in [6.07, 6.45) is 7.07. The zero-order chi connectivity index (χ0) is 13.9. The van der Waals surface area contributed by atoms with Gasteiger partial charge in [-0.1, -0.05) is 26.8 Å². The van der Waals surface area contributed by atoms with Gasteiger partial charge in [-0.3, -0.25) is 9.78 Å². The fraction of sp³-hybridized carbons (Fsp3) is 0.625. The van der Waals surface area contributed by atoms with Crippen LogP contribution in [0.15, 0.2) is 24.5 Å². The molecule has 0 saturated carbocycles. The molecule has 19 heavy (non-hydrogen) atoms. The summed E-state index contributed by atoms with van der Waals surface area (Å²) in [6.45, 7) is 7.80. The van der Waals surface area contributed by atoms with Crippen LogP contribution in [0.5, 0.6) is 0 Å². The molecule has 0 unspecified atom stereocenters. The summed E-state index contributed by atoms with van der Waals surface area (Å²) in [4.78, 5) is 18.4. The SMILES string of the molecule is CC(C)(C)C(=O)N1CCC(Cc2cccnc2)CC1. The first-order valence-corrected chi connectivity index (χ1v) is 7.15. The van der Waals surface area contributed by atoms with E-state index in [1.165, 1.54) is 5.56 Å². The van der Waals surface area contributed by atoms with Crippen LogP contribution in [0, 0.1) is 11.3 Å². The van der Waals surface area contributed by atoms with Gasteiger partial charge in [-0.25, -0.2) is 0 Å². The smallest absolute Gasteiger partial charge is 0.227 e. The largest absolute Gasteiger partial charge is 0.342 e. The number of rotatable bonds is 2. The van der Waals surface area contributed by atoms with Gasteiger partial charge >= 0.3 is 0 Å². The first-order chi connectivity index (χ1) is 8.97. The van der Waals surface area contributed by atoms with Gasteiger partial charge in [0, 0.05) is 30.9 Å². The van der Waals surface area contributed by atoms with E-state index < -0.39 is 0 Å². The molecule has 2 rings (SSSR count). The monoisotopic (exact) mass is 260 g/mol. The average molecular weight is 260 g/mol. The Labute approximate surface area is 116 Å². The third-order valence-electron chi connectivity index (χ3n) is 3.79. The van der Waals surface area contributed by atoms with Crippen LogP contribution >= 0.6 is 0 Å². The van der Waals surface area contributed by atoms with E-state index in [-0.39, 0.29) is 11.3 Å². The quantitative estimate of drug-likeness (QED) is 0.819. The van der Waals surface area contributed by atoms with Crippen LogP contribution in [0.2, 0.25) is 0 Å². The maximum Gasteiger partial charge on any atom is 0.227 e. The molecule has 3 heteroatoms. The number of hydrogen-bond acceptors (Lipinski definition) is 2. The number of aromatic nitrogens is 1. The molecule has 104 valence electrons. The molecular formula is C16H24N2O. The summed E-state index contributed by atoms with van der Waals surface area (Å²) in [7, 11) is 0. The highest BCUT2D eigenvalue weighted by atomic mass is 16.2. The van der Waals surface area contributed by atoms with Crippen LogP contribution in [0.4, 0.5) is 0 Å². The Morgan fingerprint density at radius 3 is 2.58 bits per heavy atom. The second-order valence-corrected chi connectivity index (χ2v) is 6.55. The molecule has 0 N–H and O–H groups in total. The molecule has 3 nitrogen and oxygen atoms in total. The number of carbonyl (C=O) groups excluding carboxylic acids is 1. The van der Waals surface area contributed by atoms with Gasteiger partial charge in [0.05, 0.1) is 0 Å². The molecule has 1 aromatic rings. The minimum atomic E-state index is -0.254. The van der Waals surface area contributed by atoms with Crippen molar-refractivity contribution in [2.24, 2.45) is 11.3 Å². The third-order valence-corrected chi connectivity index (χ3v) is 3.79. The van der Waals surface area contributed by atoms with Crippen molar-refractivity contribution in [1.29, 1.82) is 0 Å². The number of nitrogens with zero attached hydrogens (tertiary/aromatic N) is 2. The van der Waals surface area contributed by atoms with Crippen LogP contribution in [-0.4, -0.2) is 28.9 Å². The summed E-state index contributed by atoms with van der Waals surface area (Å²) in [5, 5.41) is 0. The molecule has 1 aliphatic rings. The van der Waals surface area contributed by atoms with E-state index in [4.69, 9.17) is 0 Å². The van der Waals surface area contributed by atoms with Crippen LogP contribution in [0.25, 0.3) is 0 Å². The van der Waals surface area contributed by atoms with Gasteiger partial charge in [-0.05, 0) is 36.8 Å². The molecule has 0 bridgehead atoms. The van der Waals surface area contributed by atoms with Crippen molar-refractivity contribution in [2.45, 2.75) is 40.0 Å². The number of amides is 1. The van der Waals surface area contributed by atoms with E-state index >= 15 is 0 Å². The first-order valence-electron chi connectivity index (χ1n) is 7.15. The highest BCUT2D eigenvalue weighted by molar-refractivity contribution is 5.81. The summed E-state index contributed by atoms with van der Waals surface area (Å²) < 4.78 is 0. The van der Waals surface area contributed by atoms with Crippen molar-refractivity contribution in [1.82, 2.24) is 9.88 Å². The van der Waals surface area contributed by atoms with Crippen LogP contribution < -0.4 is 0 Å². The van der Waals surface area contributed by atoms with Gasteiger partial charge in [-0.2, -0.15) is 0 Å². The van der Waals surface area contributed by atoms with E-state index in [9.17, 15) is 4.79 Å². The molecule has 0 atom stereocenters. The Balaban J connectivity index is 1.85. The molecule has 1 saturated heterocycles. The summed E-state index contributed by atoms with van der Waals surface area (Å²) in [5.74, 6) is 0.973. The molecule has 0 aliphatic carbocycles. The minimum Gasteiger partial charge on any atom is -0.342 e. The lowest BCUT2D eigenvalue weighted by Crippen LogP contribution is -2.44. The molecule has 1 fully saturated rings.